The molecule has 0 unspecified atom stereocenters. The molecule has 1 aromatic carbocycles. The van der Waals surface area contributed by atoms with E-state index in [2.05, 4.69) is 15.3 Å². The van der Waals surface area contributed by atoms with E-state index in [0.29, 0.717) is 36.1 Å². The van der Waals surface area contributed by atoms with Gasteiger partial charge < -0.3 is 5.32 Å². The highest BCUT2D eigenvalue weighted by Gasteiger charge is 2.27. The van der Waals surface area contributed by atoms with Gasteiger partial charge in [0, 0.05) is 25.0 Å². The van der Waals surface area contributed by atoms with Crippen LogP contribution in [0.3, 0.4) is 0 Å². The quantitative estimate of drug-likeness (QED) is 0.367. The van der Waals surface area contributed by atoms with Gasteiger partial charge in [-0.25, -0.2) is 18.0 Å². The van der Waals surface area contributed by atoms with Crippen LogP contribution in [0.2, 0.25) is 5.02 Å². The third kappa shape index (κ3) is 5.11. The van der Waals surface area contributed by atoms with Crippen LogP contribution >= 0.6 is 11.6 Å². The number of pyridine rings is 2. The molecule has 1 saturated carbocycles. The van der Waals surface area contributed by atoms with E-state index in [1.165, 1.54) is 22.8 Å². The van der Waals surface area contributed by atoms with Crippen LogP contribution in [-0.4, -0.2) is 31.1 Å². The van der Waals surface area contributed by atoms with Crippen LogP contribution in [0.1, 0.15) is 48.2 Å². The van der Waals surface area contributed by atoms with Crippen LogP contribution in [0.15, 0.2) is 59.8 Å². The number of benzene rings is 1. The van der Waals surface area contributed by atoms with Crippen LogP contribution in [0.25, 0.3) is 16.7 Å². The van der Waals surface area contributed by atoms with Gasteiger partial charge in [-0.3, -0.25) is 23.9 Å². The van der Waals surface area contributed by atoms with Crippen molar-refractivity contribution >= 4 is 28.5 Å². The van der Waals surface area contributed by atoms with Crippen LogP contribution in [0, 0.1) is 11.7 Å². The lowest BCUT2D eigenvalue weighted by molar-refractivity contribution is 0.0904. The Balaban J connectivity index is 1.30. The maximum Gasteiger partial charge on any atom is 0.333 e. The van der Waals surface area contributed by atoms with Crippen molar-refractivity contribution in [3.05, 3.63) is 87.6 Å². The summed E-state index contributed by atoms with van der Waals surface area (Å²) in [4.78, 5) is 33.8. The second-order valence-electron chi connectivity index (χ2n) is 9.15. The van der Waals surface area contributed by atoms with Crippen LogP contribution in [-0.2, 0) is 6.54 Å². The maximum absolute atomic E-state index is 13.9. The molecule has 7 nitrogen and oxygen atoms in total. The predicted octanol–water partition coefficient (Wildman–Crippen LogP) is 5.30. The minimum atomic E-state index is -2.89. The number of alkyl halides is 2. The summed E-state index contributed by atoms with van der Waals surface area (Å²) in [5.74, 6) is -0.908. The molecule has 0 saturated heterocycles. The molecule has 0 bridgehead atoms. The van der Waals surface area contributed by atoms with Gasteiger partial charge in [-0.05, 0) is 61.9 Å². The third-order valence-electron chi connectivity index (χ3n) is 6.76. The van der Waals surface area contributed by atoms with Gasteiger partial charge in [0.25, 0.3) is 12.3 Å². The Morgan fingerprint density at radius 3 is 2.62 bits per heavy atom. The summed E-state index contributed by atoms with van der Waals surface area (Å²) in [6, 6.07) is 8.62. The van der Waals surface area contributed by atoms with Crippen molar-refractivity contribution in [3.63, 3.8) is 0 Å². The second-order valence-corrected chi connectivity index (χ2v) is 9.59. The Labute approximate surface area is 214 Å². The summed E-state index contributed by atoms with van der Waals surface area (Å²) in [5.41, 5.74) is 0.606. The van der Waals surface area contributed by atoms with Gasteiger partial charge in [0.15, 0.2) is 0 Å². The van der Waals surface area contributed by atoms with E-state index in [4.69, 9.17) is 11.6 Å². The normalized spacial score (nSPS) is 17.9. The van der Waals surface area contributed by atoms with E-state index in [1.807, 2.05) is 0 Å². The van der Waals surface area contributed by atoms with Crippen molar-refractivity contribution in [1.82, 2.24) is 24.4 Å². The van der Waals surface area contributed by atoms with E-state index in [-0.39, 0.29) is 28.2 Å². The molecule has 1 amide bonds. The van der Waals surface area contributed by atoms with Crippen molar-refractivity contribution in [2.24, 2.45) is 5.92 Å². The number of imidazole rings is 1. The molecule has 1 N–H and O–H groups in total. The maximum atomic E-state index is 13.9. The first-order valence-corrected chi connectivity index (χ1v) is 12.2. The monoisotopic (exact) mass is 529 g/mol. The number of hydrogen-bond acceptors (Lipinski definition) is 4. The van der Waals surface area contributed by atoms with Gasteiger partial charge in [0.05, 0.1) is 33.5 Å². The number of carbonyl (C=O) groups excluding carboxylic acids is 1. The van der Waals surface area contributed by atoms with Gasteiger partial charge in [0.1, 0.15) is 11.5 Å². The fourth-order valence-electron chi connectivity index (χ4n) is 4.96. The Kier molecular flexibility index (Phi) is 7.01. The van der Waals surface area contributed by atoms with E-state index < -0.39 is 23.8 Å². The molecule has 3 aromatic heterocycles. The number of nitrogens with zero attached hydrogens (tertiary/aromatic N) is 4. The first kappa shape index (κ1) is 25.0. The van der Waals surface area contributed by atoms with Gasteiger partial charge >= 0.3 is 5.69 Å². The summed E-state index contributed by atoms with van der Waals surface area (Å²) in [6.45, 7) is 0.454. The molecule has 11 heteroatoms. The minimum Gasteiger partial charge on any atom is -0.349 e. The number of carbonyl (C=O) groups is 1. The van der Waals surface area contributed by atoms with E-state index in [0.717, 1.165) is 19.0 Å². The number of halogens is 4. The standard InChI is InChI=1S/C26H23ClF3N5O2/c27-16-10-20(23(24(29)30)32-12-16)25(36)33-18-6-4-15(5-7-18)14-34-21-8-9-31-13-22(21)35(26(34)37)19-3-1-2-17(28)11-19/h1-3,8-13,15,18,24H,4-7,14H2,(H,33,36)/t15-,18-. The zero-order valence-electron chi connectivity index (χ0n) is 19.6. The summed E-state index contributed by atoms with van der Waals surface area (Å²) in [5, 5.41) is 2.93. The summed E-state index contributed by atoms with van der Waals surface area (Å²) < 4.78 is 43.6. The van der Waals surface area contributed by atoms with Crippen LogP contribution < -0.4 is 11.0 Å². The zero-order chi connectivity index (χ0) is 26.1. The third-order valence-corrected chi connectivity index (χ3v) is 6.96. The Morgan fingerprint density at radius 2 is 1.89 bits per heavy atom. The average molecular weight is 530 g/mol. The molecular weight excluding hydrogens is 507 g/mol. The van der Waals surface area contributed by atoms with Gasteiger partial charge in [-0.15, -0.1) is 0 Å². The number of hydrogen-bond donors (Lipinski definition) is 1. The fourth-order valence-corrected chi connectivity index (χ4v) is 5.12. The van der Waals surface area contributed by atoms with Crippen molar-refractivity contribution in [2.75, 3.05) is 0 Å². The molecule has 1 aliphatic carbocycles. The Hall–Kier alpha value is -3.66. The topological polar surface area (TPSA) is 81.8 Å². The lowest BCUT2D eigenvalue weighted by Crippen LogP contribution is -2.39. The first-order chi connectivity index (χ1) is 17.8. The van der Waals surface area contributed by atoms with E-state index >= 15 is 0 Å². The Morgan fingerprint density at radius 1 is 1.11 bits per heavy atom. The number of amides is 1. The van der Waals surface area contributed by atoms with Gasteiger partial charge in [-0.1, -0.05) is 17.7 Å². The molecule has 1 fully saturated rings. The largest absolute Gasteiger partial charge is 0.349 e. The van der Waals surface area contributed by atoms with E-state index in [1.54, 1.807) is 35.2 Å². The molecular formula is C26H23ClF3N5O2. The number of fused-ring (bicyclic) bond motifs is 1. The zero-order valence-corrected chi connectivity index (χ0v) is 20.3. The minimum absolute atomic E-state index is 0.108. The molecule has 37 heavy (non-hydrogen) atoms. The number of nitrogens with one attached hydrogen (secondary N) is 1. The van der Waals surface area contributed by atoms with Crippen molar-refractivity contribution in [1.29, 1.82) is 0 Å². The number of rotatable bonds is 6. The highest BCUT2D eigenvalue weighted by Crippen LogP contribution is 2.28. The molecule has 4 aromatic rings. The summed E-state index contributed by atoms with van der Waals surface area (Å²) in [7, 11) is 0. The smallest absolute Gasteiger partial charge is 0.333 e. The highest BCUT2D eigenvalue weighted by atomic mass is 35.5. The molecule has 0 spiro atoms. The van der Waals surface area contributed by atoms with Gasteiger partial charge in [-0.2, -0.15) is 0 Å². The first-order valence-electron chi connectivity index (χ1n) is 11.9. The second kappa shape index (κ2) is 10.4. The SMILES string of the molecule is O=C(N[C@H]1CC[C@H](Cn2c(=O)n(-c3cccc(F)c3)c3cnccc32)CC1)c1cc(Cl)cnc1C(F)F. The molecule has 5 rings (SSSR count). The van der Waals surface area contributed by atoms with Crippen molar-refractivity contribution in [3.8, 4) is 5.69 Å². The summed E-state index contributed by atoms with van der Waals surface area (Å²) >= 11 is 5.87. The lowest BCUT2D eigenvalue weighted by Gasteiger charge is -2.29. The molecule has 1 aliphatic rings. The van der Waals surface area contributed by atoms with Crippen molar-refractivity contribution in [2.45, 2.75) is 44.7 Å². The highest BCUT2D eigenvalue weighted by molar-refractivity contribution is 6.30. The Bertz CT molecular complexity index is 1510. The molecule has 0 radical (unpaired) electrons. The van der Waals surface area contributed by atoms with Crippen LogP contribution in [0.5, 0.6) is 0 Å². The van der Waals surface area contributed by atoms with Crippen molar-refractivity contribution < 1.29 is 18.0 Å². The average Bonchev–Trinajstić information content (AvgIpc) is 3.16. The lowest BCUT2D eigenvalue weighted by atomic mass is 9.85. The molecule has 3 heterocycles. The summed E-state index contributed by atoms with van der Waals surface area (Å²) in [6.07, 6.45) is 4.11. The van der Waals surface area contributed by atoms with E-state index in [9.17, 15) is 22.8 Å². The van der Waals surface area contributed by atoms with Crippen LogP contribution in [0.4, 0.5) is 13.2 Å². The molecule has 0 aliphatic heterocycles. The fraction of sp³-hybridized carbons (Fsp3) is 0.308. The van der Waals surface area contributed by atoms with Gasteiger partial charge in [0.2, 0.25) is 0 Å². The molecule has 0 atom stereocenters. The number of aromatic nitrogens is 4. The predicted molar refractivity (Wildman–Crippen MR) is 133 cm³/mol. The molecule has 192 valence electrons.